The summed E-state index contributed by atoms with van der Waals surface area (Å²) in [6, 6.07) is 14.3. The summed E-state index contributed by atoms with van der Waals surface area (Å²) in [7, 11) is 0. The molecule has 0 atom stereocenters. The zero-order valence-corrected chi connectivity index (χ0v) is 18.8. The molecule has 184 valence electrons. The summed E-state index contributed by atoms with van der Waals surface area (Å²) in [6.45, 7) is 2.02. The summed E-state index contributed by atoms with van der Waals surface area (Å²) >= 11 is 0. The predicted octanol–water partition coefficient (Wildman–Crippen LogP) is 5.93. The zero-order valence-electron chi connectivity index (χ0n) is 18.8. The molecule has 0 heterocycles. The van der Waals surface area contributed by atoms with E-state index in [4.69, 9.17) is 9.84 Å². The molecule has 0 spiro atoms. The van der Waals surface area contributed by atoms with E-state index in [0.717, 1.165) is 22.8 Å². The minimum Gasteiger partial charge on any atom is -0.481 e. The lowest BCUT2D eigenvalue weighted by atomic mass is 10.0. The van der Waals surface area contributed by atoms with Crippen molar-refractivity contribution in [3.63, 3.8) is 0 Å². The van der Waals surface area contributed by atoms with E-state index in [2.05, 4.69) is 5.32 Å². The maximum Gasteiger partial charge on any atom is 0.416 e. The van der Waals surface area contributed by atoms with Gasteiger partial charge < -0.3 is 15.2 Å². The van der Waals surface area contributed by atoms with Crippen molar-refractivity contribution in [2.24, 2.45) is 0 Å². The second-order valence-corrected chi connectivity index (χ2v) is 7.93. The van der Waals surface area contributed by atoms with Crippen molar-refractivity contribution in [1.82, 2.24) is 5.32 Å². The summed E-state index contributed by atoms with van der Waals surface area (Å²) in [5, 5.41) is 11.3. The molecule has 0 saturated heterocycles. The fraction of sp³-hybridized carbons (Fsp3) is 0.231. The molecule has 3 rings (SSSR count). The van der Waals surface area contributed by atoms with Crippen molar-refractivity contribution >= 4 is 11.9 Å². The van der Waals surface area contributed by atoms with Gasteiger partial charge in [-0.3, -0.25) is 9.59 Å². The second kappa shape index (κ2) is 11.0. The maximum atomic E-state index is 14.0. The molecule has 0 aliphatic rings. The number of nitrogens with one attached hydrogen (secondary N) is 1. The smallest absolute Gasteiger partial charge is 0.416 e. The Bertz CT molecular complexity index is 1220. The van der Waals surface area contributed by atoms with Crippen LogP contribution in [-0.2, 0) is 23.8 Å². The van der Waals surface area contributed by atoms with Gasteiger partial charge in [-0.1, -0.05) is 18.2 Å². The lowest BCUT2D eigenvalue weighted by Crippen LogP contribution is -2.26. The number of amides is 1. The van der Waals surface area contributed by atoms with Crippen LogP contribution in [0.25, 0.3) is 0 Å². The fourth-order valence-corrected chi connectivity index (χ4v) is 3.45. The molecule has 2 N–H and O–H groups in total. The molecule has 3 aromatic rings. The van der Waals surface area contributed by atoms with Gasteiger partial charge in [-0.15, -0.1) is 0 Å². The minimum absolute atomic E-state index is 0.0468. The zero-order chi connectivity index (χ0) is 25.6. The number of alkyl halides is 3. The number of hydrogen-bond acceptors (Lipinski definition) is 3. The van der Waals surface area contributed by atoms with Crippen molar-refractivity contribution in [3.05, 3.63) is 94.3 Å². The monoisotopic (exact) mass is 489 g/mol. The molecule has 0 bridgehead atoms. The van der Waals surface area contributed by atoms with Gasteiger partial charge in [0.25, 0.3) is 5.91 Å². The van der Waals surface area contributed by atoms with Gasteiger partial charge >= 0.3 is 12.1 Å². The summed E-state index contributed by atoms with van der Waals surface area (Å²) in [5.74, 6) is -1.76. The van der Waals surface area contributed by atoms with Crippen molar-refractivity contribution in [3.8, 4) is 11.5 Å². The Morgan fingerprint density at radius 3 is 2.37 bits per heavy atom. The number of carbonyl (C=O) groups excluding carboxylic acids is 1. The van der Waals surface area contributed by atoms with Gasteiger partial charge in [0.15, 0.2) is 0 Å². The molecule has 1 amide bonds. The van der Waals surface area contributed by atoms with E-state index in [1.165, 1.54) is 0 Å². The molecule has 0 aromatic heterocycles. The molecule has 0 unspecified atom stereocenters. The van der Waals surface area contributed by atoms with Crippen molar-refractivity contribution in [2.75, 3.05) is 6.54 Å². The summed E-state index contributed by atoms with van der Waals surface area (Å²) < 4.78 is 57.8. The van der Waals surface area contributed by atoms with Gasteiger partial charge in [-0.05, 0) is 78.9 Å². The molecule has 0 radical (unpaired) electrons. The van der Waals surface area contributed by atoms with Crippen LogP contribution in [0.1, 0.15) is 39.0 Å². The third-order valence-corrected chi connectivity index (χ3v) is 5.30. The number of hydrogen-bond donors (Lipinski definition) is 2. The van der Waals surface area contributed by atoms with Crippen molar-refractivity contribution in [2.45, 2.75) is 32.4 Å². The first-order chi connectivity index (χ1) is 16.5. The van der Waals surface area contributed by atoms with Gasteiger partial charge in [0.2, 0.25) is 0 Å². The fourth-order valence-electron chi connectivity index (χ4n) is 3.45. The molecule has 0 fully saturated rings. The van der Waals surface area contributed by atoms with E-state index in [0.29, 0.717) is 36.5 Å². The van der Waals surface area contributed by atoms with E-state index in [1.54, 1.807) is 24.3 Å². The number of carboxylic acids is 1. The molecular formula is C26H23F4NO4. The highest BCUT2D eigenvalue weighted by molar-refractivity contribution is 5.94. The highest BCUT2D eigenvalue weighted by Gasteiger charge is 2.31. The summed E-state index contributed by atoms with van der Waals surface area (Å²) in [4.78, 5) is 22.9. The Labute approximate surface area is 199 Å². The van der Waals surface area contributed by atoms with Gasteiger partial charge in [0, 0.05) is 13.0 Å². The summed E-state index contributed by atoms with van der Waals surface area (Å²) in [6.07, 6.45) is -3.83. The normalized spacial score (nSPS) is 11.2. The predicted molar refractivity (Wildman–Crippen MR) is 121 cm³/mol. The Morgan fingerprint density at radius 1 is 0.971 bits per heavy atom. The molecular weight excluding hydrogens is 466 g/mol. The molecule has 35 heavy (non-hydrogen) atoms. The number of aliphatic carboxylic acids is 1. The first-order valence-corrected chi connectivity index (χ1v) is 10.8. The highest BCUT2D eigenvalue weighted by Crippen LogP contribution is 2.30. The third kappa shape index (κ3) is 7.30. The molecule has 0 aliphatic carbocycles. The number of carbonyl (C=O) groups is 2. The Morgan fingerprint density at radius 2 is 1.71 bits per heavy atom. The molecule has 5 nitrogen and oxygen atoms in total. The van der Waals surface area contributed by atoms with Crippen LogP contribution < -0.4 is 10.1 Å². The van der Waals surface area contributed by atoms with Crippen LogP contribution >= 0.6 is 0 Å². The van der Waals surface area contributed by atoms with Crippen LogP contribution in [0.15, 0.2) is 60.7 Å². The van der Waals surface area contributed by atoms with Crippen LogP contribution in [0, 0.1) is 12.7 Å². The van der Waals surface area contributed by atoms with E-state index >= 15 is 0 Å². The summed E-state index contributed by atoms with van der Waals surface area (Å²) in [5.41, 5.74) is 1.04. The van der Waals surface area contributed by atoms with Crippen LogP contribution in [0.3, 0.4) is 0 Å². The first-order valence-electron chi connectivity index (χ1n) is 10.8. The molecule has 9 heteroatoms. The van der Waals surface area contributed by atoms with E-state index in [-0.39, 0.29) is 13.0 Å². The Hall–Kier alpha value is -3.88. The average Bonchev–Trinajstić information content (AvgIpc) is 2.78. The van der Waals surface area contributed by atoms with Crippen LogP contribution in [0.2, 0.25) is 0 Å². The average molecular weight is 489 g/mol. The molecule has 0 aliphatic heterocycles. The van der Waals surface area contributed by atoms with Crippen LogP contribution in [-0.4, -0.2) is 23.5 Å². The Kier molecular flexibility index (Phi) is 8.11. The number of carboxylic acid groups (broad SMARTS) is 1. The third-order valence-electron chi connectivity index (χ3n) is 5.30. The Balaban J connectivity index is 1.57. The first kappa shape index (κ1) is 25.7. The van der Waals surface area contributed by atoms with Crippen molar-refractivity contribution < 1.29 is 37.0 Å². The number of aryl methyl sites for hydroxylation is 2. The van der Waals surface area contributed by atoms with Gasteiger partial charge in [-0.2, -0.15) is 13.2 Å². The maximum absolute atomic E-state index is 14.0. The van der Waals surface area contributed by atoms with Gasteiger partial charge in [-0.25, -0.2) is 4.39 Å². The lowest BCUT2D eigenvalue weighted by Gasteiger charge is -2.11. The second-order valence-electron chi connectivity index (χ2n) is 7.93. The van der Waals surface area contributed by atoms with E-state index in [1.807, 2.05) is 25.1 Å². The van der Waals surface area contributed by atoms with Crippen molar-refractivity contribution in [1.29, 1.82) is 0 Å². The largest absolute Gasteiger partial charge is 0.481 e. The highest BCUT2D eigenvalue weighted by atomic mass is 19.4. The van der Waals surface area contributed by atoms with Gasteiger partial charge in [0.1, 0.15) is 17.3 Å². The number of ether oxygens (including phenoxy) is 1. The quantitative estimate of drug-likeness (QED) is 0.365. The van der Waals surface area contributed by atoms with Crippen LogP contribution in [0.5, 0.6) is 11.5 Å². The minimum atomic E-state index is -4.69. The number of benzene rings is 3. The van der Waals surface area contributed by atoms with E-state index in [9.17, 15) is 27.2 Å². The topological polar surface area (TPSA) is 75.6 Å². The van der Waals surface area contributed by atoms with Gasteiger partial charge in [0.05, 0.1) is 11.1 Å². The number of halogens is 4. The standard InChI is InChI=1S/C26H23F4NO4/c1-16-13-21(8-5-18(16)6-10-24(32)33)35-20-4-2-3-17(14-20)11-12-31-25(34)22-9-7-19(15-23(22)27)26(28,29)30/h2-5,7-9,13-15H,6,10-12H2,1H3,(H,31,34)(H,32,33). The number of rotatable bonds is 9. The molecule has 0 saturated carbocycles. The lowest BCUT2D eigenvalue weighted by molar-refractivity contribution is -0.138. The van der Waals surface area contributed by atoms with E-state index < -0.39 is 35.0 Å². The SMILES string of the molecule is Cc1cc(Oc2cccc(CCNC(=O)c3ccc(C(F)(F)F)cc3F)c2)ccc1CCC(=O)O. The van der Waals surface area contributed by atoms with Crippen LogP contribution in [0.4, 0.5) is 17.6 Å². The molecule has 3 aromatic carbocycles.